The van der Waals surface area contributed by atoms with Crippen molar-refractivity contribution in [2.75, 3.05) is 38.2 Å². The van der Waals surface area contributed by atoms with Gasteiger partial charge in [-0.15, -0.1) is 0 Å². The normalized spacial score (nSPS) is 14.7. The minimum Gasteiger partial charge on any atom is -0.379 e. The molecule has 1 aliphatic rings. The summed E-state index contributed by atoms with van der Waals surface area (Å²) < 4.78 is 5.38. The van der Waals surface area contributed by atoms with Gasteiger partial charge < -0.3 is 10.1 Å². The number of rotatable bonds is 9. The van der Waals surface area contributed by atoms with Gasteiger partial charge in [0.25, 0.3) is 0 Å². The van der Waals surface area contributed by atoms with Crippen molar-refractivity contribution in [3.8, 4) is 0 Å². The zero-order valence-corrected chi connectivity index (χ0v) is 18.3. The molecule has 0 aliphatic carbocycles. The van der Waals surface area contributed by atoms with E-state index in [0.29, 0.717) is 29.6 Å². The molecule has 0 bridgehead atoms. The van der Waals surface area contributed by atoms with Crippen LogP contribution < -0.4 is 5.32 Å². The van der Waals surface area contributed by atoms with Crippen molar-refractivity contribution in [3.05, 3.63) is 65.2 Å². The molecule has 1 fully saturated rings. The smallest absolute Gasteiger partial charge is 0.181 e. The lowest BCUT2D eigenvalue weighted by molar-refractivity contribution is 0.0371. The molecule has 0 saturated carbocycles. The predicted octanol–water partition coefficient (Wildman–Crippen LogP) is 3.72. The second-order valence-electron chi connectivity index (χ2n) is 7.78. The van der Waals surface area contributed by atoms with Crippen molar-refractivity contribution in [2.45, 2.75) is 19.8 Å². The number of Topliss-reactive ketones (excluding diaryl/α,β-unsaturated/α-hetero) is 1. The summed E-state index contributed by atoms with van der Waals surface area (Å²) >= 11 is 0. The van der Waals surface area contributed by atoms with Crippen LogP contribution in [0.3, 0.4) is 0 Å². The Balaban J connectivity index is 1.49. The van der Waals surface area contributed by atoms with Crippen molar-refractivity contribution < 1.29 is 9.53 Å². The third-order valence-electron chi connectivity index (χ3n) is 5.20. The molecule has 32 heavy (non-hydrogen) atoms. The number of hydrogen-bond acceptors (Lipinski definition) is 7. The highest BCUT2D eigenvalue weighted by Gasteiger charge is 2.14. The molecule has 4 rings (SSSR count). The number of carbonyl (C=O) groups excluding carboxylic acids is 1. The molecule has 0 radical (unpaired) electrons. The van der Waals surface area contributed by atoms with Gasteiger partial charge in [-0.25, -0.2) is 9.97 Å². The highest BCUT2D eigenvalue weighted by Crippen LogP contribution is 2.17. The van der Waals surface area contributed by atoms with Crippen LogP contribution in [0.5, 0.6) is 0 Å². The number of aromatic nitrogens is 4. The van der Waals surface area contributed by atoms with Crippen molar-refractivity contribution in [1.29, 1.82) is 0 Å². The van der Waals surface area contributed by atoms with Gasteiger partial charge in [-0.05, 0) is 31.5 Å². The summed E-state index contributed by atoms with van der Waals surface area (Å²) in [5.74, 6) is 1.67. The van der Waals surface area contributed by atoms with Crippen LogP contribution in [0.2, 0.25) is 0 Å². The number of benzene rings is 1. The Morgan fingerprint density at radius 3 is 2.69 bits per heavy atom. The summed E-state index contributed by atoms with van der Waals surface area (Å²) in [6, 6.07) is 13.5. The lowest BCUT2D eigenvalue weighted by Gasteiger charge is -2.26. The Kier molecular flexibility index (Phi) is 7.37. The van der Waals surface area contributed by atoms with Crippen LogP contribution in [-0.4, -0.2) is 63.7 Å². The third-order valence-corrected chi connectivity index (χ3v) is 5.20. The first-order valence-corrected chi connectivity index (χ1v) is 10.9. The fourth-order valence-electron chi connectivity index (χ4n) is 3.51. The third kappa shape index (κ3) is 6.32. The van der Waals surface area contributed by atoms with E-state index >= 15 is 0 Å². The van der Waals surface area contributed by atoms with E-state index in [-0.39, 0.29) is 5.78 Å². The summed E-state index contributed by atoms with van der Waals surface area (Å²) in [4.78, 5) is 24.3. The quantitative estimate of drug-likeness (QED) is 0.498. The van der Waals surface area contributed by atoms with E-state index in [2.05, 4.69) is 30.4 Å². The Bertz CT molecular complexity index is 1060. The van der Waals surface area contributed by atoms with E-state index in [1.54, 1.807) is 6.07 Å². The fraction of sp³-hybridized carbons (Fsp3) is 0.333. The van der Waals surface area contributed by atoms with Crippen LogP contribution in [0, 0.1) is 6.92 Å². The summed E-state index contributed by atoms with van der Waals surface area (Å²) in [5, 5.41) is 10.3. The molecule has 0 spiro atoms. The Labute approximate surface area is 187 Å². The molecule has 3 heterocycles. The van der Waals surface area contributed by atoms with E-state index in [1.165, 1.54) is 0 Å². The molecule has 1 aliphatic heterocycles. The number of H-pyrrole nitrogens is 1. The van der Waals surface area contributed by atoms with Crippen LogP contribution in [0.15, 0.2) is 42.5 Å². The number of aryl methyl sites for hydroxylation is 1. The molecule has 8 heteroatoms. The number of morpholine rings is 1. The molecule has 0 amide bonds. The van der Waals surface area contributed by atoms with E-state index < -0.39 is 0 Å². The van der Waals surface area contributed by atoms with Gasteiger partial charge in [0, 0.05) is 37.3 Å². The maximum atomic E-state index is 12.9. The topological polar surface area (TPSA) is 96.0 Å². The zero-order valence-electron chi connectivity index (χ0n) is 18.3. The van der Waals surface area contributed by atoms with Gasteiger partial charge in [0.2, 0.25) is 0 Å². The van der Waals surface area contributed by atoms with E-state index in [9.17, 15) is 4.79 Å². The second kappa shape index (κ2) is 10.8. The molecule has 8 nitrogen and oxygen atoms in total. The van der Waals surface area contributed by atoms with Crippen LogP contribution in [0.4, 0.5) is 11.6 Å². The Hall–Kier alpha value is -3.36. The average Bonchev–Trinajstić information content (AvgIpc) is 3.23. The molecular formula is C24H28N6O2. The van der Waals surface area contributed by atoms with E-state index in [4.69, 9.17) is 4.74 Å². The Morgan fingerprint density at radius 2 is 1.94 bits per heavy atom. The molecule has 0 unspecified atom stereocenters. The number of anilines is 2. The highest BCUT2D eigenvalue weighted by atomic mass is 16.5. The van der Waals surface area contributed by atoms with Crippen molar-refractivity contribution in [1.82, 2.24) is 25.1 Å². The van der Waals surface area contributed by atoms with Crippen LogP contribution >= 0.6 is 0 Å². The summed E-state index contributed by atoms with van der Waals surface area (Å²) in [6.07, 6.45) is 4.99. The van der Waals surface area contributed by atoms with E-state index in [1.807, 2.05) is 55.5 Å². The second-order valence-corrected chi connectivity index (χ2v) is 7.78. The largest absolute Gasteiger partial charge is 0.379 e. The van der Waals surface area contributed by atoms with Gasteiger partial charge in [0.15, 0.2) is 17.4 Å². The molecular weight excluding hydrogens is 404 g/mol. The highest BCUT2D eigenvalue weighted by molar-refractivity contribution is 5.95. The molecule has 1 saturated heterocycles. The van der Waals surface area contributed by atoms with E-state index in [0.717, 1.165) is 50.5 Å². The average molecular weight is 433 g/mol. The van der Waals surface area contributed by atoms with Gasteiger partial charge in [-0.3, -0.25) is 14.8 Å². The minimum atomic E-state index is 0.0104. The molecule has 166 valence electrons. The minimum absolute atomic E-state index is 0.0104. The van der Waals surface area contributed by atoms with Crippen molar-refractivity contribution in [3.63, 3.8) is 0 Å². The summed E-state index contributed by atoms with van der Waals surface area (Å²) in [7, 11) is 0. The maximum absolute atomic E-state index is 12.9. The van der Waals surface area contributed by atoms with Gasteiger partial charge in [0.05, 0.1) is 13.2 Å². The van der Waals surface area contributed by atoms with Crippen LogP contribution in [0.1, 0.15) is 40.4 Å². The fourth-order valence-corrected chi connectivity index (χ4v) is 3.51. The number of ether oxygens (including phenoxy) is 1. The summed E-state index contributed by atoms with van der Waals surface area (Å²) in [6.45, 7) is 6.19. The van der Waals surface area contributed by atoms with Gasteiger partial charge >= 0.3 is 0 Å². The SMILES string of the molecule is Cc1cc(Nc2cc(C(=O)CCCN3CCOCC3)nc(/C=C/c3ccccc3)n2)n[nH]1. The molecule has 3 aromatic rings. The number of hydrogen-bond donors (Lipinski definition) is 2. The first-order chi connectivity index (χ1) is 15.7. The molecule has 1 aromatic carbocycles. The molecule has 2 N–H and O–H groups in total. The number of ketones is 1. The Morgan fingerprint density at radius 1 is 1.12 bits per heavy atom. The molecule has 0 atom stereocenters. The lowest BCUT2D eigenvalue weighted by Crippen LogP contribution is -2.36. The van der Waals surface area contributed by atoms with Crippen molar-refractivity contribution >= 4 is 29.6 Å². The molecule has 2 aromatic heterocycles. The number of nitrogens with one attached hydrogen (secondary N) is 2. The monoisotopic (exact) mass is 432 g/mol. The standard InChI is InChI=1S/C24H28N6O2/c1-18-16-24(29-28-18)27-23-17-20(21(31)8-5-11-30-12-14-32-15-13-30)25-22(26-23)10-9-19-6-3-2-4-7-19/h2-4,6-7,9-10,16-17H,5,8,11-15H2,1H3,(H2,25,26,27,28,29)/b10-9+. The van der Waals surface area contributed by atoms with Gasteiger partial charge in [0.1, 0.15) is 11.5 Å². The zero-order chi connectivity index (χ0) is 22.2. The van der Waals surface area contributed by atoms with Crippen LogP contribution in [0.25, 0.3) is 12.2 Å². The maximum Gasteiger partial charge on any atom is 0.181 e. The van der Waals surface area contributed by atoms with Crippen molar-refractivity contribution in [2.24, 2.45) is 0 Å². The lowest BCUT2D eigenvalue weighted by atomic mass is 10.1. The first kappa shape index (κ1) is 21.9. The van der Waals surface area contributed by atoms with Gasteiger partial charge in [-0.1, -0.05) is 36.4 Å². The first-order valence-electron chi connectivity index (χ1n) is 10.9. The van der Waals surface area contributed by atoms with Gasteiger partial charge in [-0.2, -0.15) is 5.10 Å². The summed E-state index contributed by atoms with van der Waals surface area (Å²) in [5.41, 5.74) is 2.38. The number of aromatic amines is 1. The number of nitrogens with zero attached hydrogens (tertiary/aromatic N) is 4. The number of carbonyl (C=O) groups is 1. The van der Waals surface area contributed by atoms with Crippen LogP contribution in [-0.2, 0) is 4.74 Å². The predicted molar refractivity (Wildman–Crippen MR) is 125 cm³/mol.